The van der Waals surface area contributed by atoms with Crippen LogP contribution in [0.25, 0.3) is 22.3 Å². The number of amides is 1. The van der Waals surface area contributed by atoms with E-state index in [1.807, 2.05) is 0 Å². The van der Waals surface area contributed by atoms with Crippen molar-refractivity contribution in [2.75, 3.05) is 5.32 Å². The van der Waals surface area contributed by atoms with Crippen LogP contribution < -0.4 is 10.1 Å². The number of carbonyl (C=O) groups is 1. The largest absolute Gasteiger partial charge is 0.451 e. The molecule has 0 radical (unpaired) electrons. The highest BCUT2D eigenvalue weighted by Gasteiger charge is 2.23. The highest BCUT2D eigenvalue weighted by Crippen LogP contribution is 2.35. The Bertz CT molecular complexity index is 1630. The van der Waals surface area contributed by atoms with Crippen LogP contribution in [0.15, 0.2) is 61.1 Å². The molecule has 36 heavy (non-hydrogen) atoms. The lowest BCUT2D eigenvalue weighted by Gasteiger charge is -2.13. The molecule has 7 nitrogen and oxygen atoms in total. The van der Waals surface area contributed by atoms with E-state index in [0.29, 0.717) is 28.4 Å². The number of nitrogens with zero attached hydrogens (tertiary/aromatic N) is 3. The van der Waals surface area contributed by atoms with Gasteiger partial charge in [0.05, 0.1) is 39.8 Å². The number of hydrogen-bond acceptors (Lipinski definition) is 5. The van der Waals surface area contributed by atoms with Gasteiger partial charge in [-0.05, 0) is 30.3 Å². The number of halogens is 5. The van der Waals surface area contributed by atoms with Gasteiger partial charge < -0.3 is 10.1 Å². The summed E-state index contributed by atoms with van der Waals surface area (Å²) in [6.45, 7) is 0. The molecule has 2 aromatic heterocycles. The van der Waals surface area contributed by atoms with Crippen molar-refractivity contribution >= 4 is 34.2 Å². The maximum Gasteiger partial charge on any atom is 0.255 e. The van der Waals surface area contributed by atoms with Crippen LogP contribution in [-0.2, 0) is 0 Å². The molecular weight excluding hydrogens is 502 g/mol. The lowest BCUT2D eigenvalue weighted by molar-refractivity contribution is 0.102. The first-order valence-electron chi connectivity index (χ1n) is 10.2. The Kier molecular flexibility index (Phi) is 5.98. The fourth-order valence-electron chi connectivity index (χ4n) is 3.30. The number of anilines is 1. The number of H-pyrrole nitrogens is 1. The molecule has 0 spiro atoms. The highest BCUT2D eigenvalue weighted by molar-refractivity contribution is 6.30. The Balaban J connectivity index is 1.47. The average molecular weight is 514 g/mol. The fraction of sp³-hybridized carbons (Fsp3) is 0. The fourth-order valence-corrected chi connectivity index (χ4v) is 3.41. The summed E-state index contributed by atoms with van der Waals surface area (Å²) in [4.78, 5) is 21.1. The van der Waals surface area contributed by atoms with E-state index in [1.165, 1.54) is 30.5 Å². The minimum atomic E-state index is -1.61. The summed E-state index contributed by atoms with van der Waals surface area (Å²) >= 11 is 5.59. The molecule has 0 saturated carbocycles. The first kappa shape index (κ1) is 23.2. The molecule has 180 valence electrons. The SMILES string of the molecule is O=C(Nc1cc(F)c(F)c(Oc2ccc3ncc(-c4cn[nH]c4)nc3c2)c1F)c1ccc(Cl)c(F)c1. The summed E-state index contributed by atoms with van der Waals surface area (Å²) in [7, 11) is 0. The predicted octanol–water partition coefficient (Wildman–Crippen LogP) is 6.27. The summed E-state index contributed by atoms with van der Waals surface area (Å²) in [5.41, 5.74) is 1.02. The summed E-state index contributed by atoms with van der Waals surface area (Å²) in [5.74, 6) is -7.49. The van der Waals surface area contributed by atoms with Crippen molar-refractivity contribution in [1.82, 2.24) is 20.2 Å². The Morgan fingerprint density at radius 3 is 2.53 bits per heavy atom. The normalized spacial score (nSPS) is 11.0. The maximum atomic E-state index is 15.1. The van der Waals surface area contributed by atoms with Crippen molar-refractivity contribution in [3.63, 3.8) is 0 Å². The Hall–Kier alpha value is -4.51. The monoisotopic (exact) mass is 513 g/mol. The van der Waals surface area contributed by atoms with Gasteiger partial charge >= 0.3 is 0 Å². The number of fused-ring (bicyclic) bond motifs is 1. The molecule has 0 fully saturated rings. The molecule has 3 aromatic carbocycles. The van der Waals surface area contributed by atoms with E-state index in [1.54, 1.807) is 12.4 Å². The number of rotatable bonds is 5. The van der Waals surface area contributed by atoms with E-state index < -0.39 is 40.6 Å². The number of hydrogen-bond donors (Lipinski definition) is 2. The van der Waals surface area contributed by atoms with Gasteiger partial charge in [-0.25, -0.2) is 18.2 Å². The lowest BCUT2D eigenvalue weighted by atomic mass is 10.2. The van der Waals surface area contributed by atoms with E-state index in [9.17, 15) is 18.0 Å². The predicted molar refractivity (Wildman–Crippen MR) is 123 cm³/mol. The minimum absolute atomic E-state index is 0.0680. The number of aromatic amines is 1. The second-order valence-corrected chi connectivity index (χ2v) is 7.85. The van der Waals surface area contributed by atoms with Crippen LogP contribution in [0.1, 0.15) is 10.4 Å². The third-order valence-electron chi connectivity index (χ3n) is 5.07. The third kappa shape index (κ3) is 4.43. The molecule has 0 aliphatic heterocycles. The van der Waals surface area contributed by atoms with E-state index in [0.717, 1.165) is 12.1 Å². The number of benzene rings is 3. The van der Waals surface area contributed by atoms with Crippen LogP contribution in [0.3, 0.4) is 0 Å². The maximum absolute atomic E-state index is 15.1. The molecular formula is C24H12ClF4N5O2. The molecule has 5 rings (SSSR count). The van der Waals surface area contributed by atoms with Crippen molar-refractivity contribution in [2.24, 2.45) is 0 Å². The number of nitrogens with one attached hydrogen (secondary N) is 2. The zero-order chi connectivity index (χ0) is 25.4. The molecule has 2 N–H and O–H groups in total. The van der Waals surface area contributed by atoms with Gasteiger partial charge in [0.25, 0.3) is 5.91 Å². The van der Waals surface area contributed by atoms with Gasteiger partial charge in [-0.3, -0.25) is 14.9 Å². The van der Waals surface area contributed by atoms with Gasteiger partial charge in [-0.1, -0.05) is 11.6 Å². The number of ether oxygens (including phenoxy) is 1. The third-order valence-corrected chi connectivity index (χ3v) is 5.38. The van der Waals surface area contributed by atoms with Crippen molar-refractivity contribution in [1.29, 1.82) is 0 Å². The van der Waals surface area contributed by atoms with Crippen molar-refractivity contribution in [3.8, 4) is 22.8 Å². The molecule has 12 heteroatoms. The number of carbonyl (C=O) groups excluding carboxylic acids is 1. The standard InChI is InChI=1S/C24H12ClF4N5O2/c25-14-3-1-11(5-15(14)26)24(35)34-19-7-16(27)21(28)23(22(19)29)36-13-2-4-17-18(6-13)33-20(10-30-17)12-8-31-32-9-12/h1-10H,(H,31,32)(H,34,35). The zero-order valence-corrected chi connectivity index (χ0v) is 18.6. The summed E-state index contributed by atoms with van der Waals surface area (Å²) < 4.78 is 62.9. The second-order valence-electron chi connectivity index (χ2n) is 7.44. The molecule has 1 amide bonds. The van der Waals surface area contributed by atoms with Crippen LogP contribution in [0.2, 0.25) is 5.02 Å². The van der Waals surface area contributed by atoms with Crippen molar-refractivity contribution in [2.45, 2.75) is 0 Å². The zero-order valence-electron chi connectivity index (χ0n) is 17.8. The molecule has 0 saturated heterocycles. The van der Waals surface area contributed by atoms with E-state index in [-0.39, 0.29) is 16.3 Å². The average Bonchev–Trinajstić information content (AvgIpc) is 3.41. The second kappa shape index (κ2) is 9.27. The molecule has 0 aliphatic carbocycles. The van der Waals surface area contributed by atoms with Crippen LogP contribution >= 0.6 is 11.6 Å². The minimum Gasteiger partial charge on any atom is -0.451 e. The van der Waals surface area contributed by atoms with Gasteiger partial charge in [0.2, 0.25) is 11.6 Å². The Labute approximate surface area is 204 Å². The Morgan fingerprint density at radius 1 is 0.944 bits per heavy atom. The van der Waals surface area contributed by atoms with Crippen LogP contribution in [0.4, 0.5) is 23.2 Å². The summed E-state index contributed by atoms with van der Waals surface area (Å²) in [6.07, 6.45) is 4.69. The smallest absolute Gasteiger partial charge is 0.255 e. The molecule has 0 bridgehead atoms. The Morgan fingerprint density at radius 2 is 1.78 bits per heavy atom. The number of aromatic nitrogens is 4. The summed E-state index contributed by atoms with van der Waals surface area (Å²) in [6, 6.07) is 7.82. The van der Waals surface area contributed by atoms with E-state index in [4.69, 9.17) is 16.3 Å². The van der Waals surface area contributed by atoms with Gasteiger partial charge in [-0.15, -0.1) is 0 Å². The van der Waals surface area contributed by atoms with Crippen LogP contribution in [0, 0.1) is 23.3 Å². The quantitative estimate of drug-likeness (QED) is 0.213. The van der Waals surface area contributed by atoms with Gasteiger partial charge in [0.15, 0.2) is 11.6 Å². The van der Waals surface area contributed by atoms with Gasteiger partial charge in [0.1, 0.15) is 11.6 Å². The van der Waals surface area contributed by atoms with Crippen LogP contribution in [-0.4, -0.2) is 26.1 Å². The van der Waals surface area contributed by atoms with Gasteiger partial charge in [-0.2, -0.15) is 9.49 Å². The van der Waals surface area contributed by atoms with E-state index in [2.05, 4.69) is 25.5 Å². The van der Waals surface area contributed by atoms with Crippen molar-refractivity contribution in [3.05, 3.63) is 94.9 Å². The summed E-state index contributed by atoms with van der Waals surface area (Å²) in [5, 5.41) is 8.36. The molecule has 0 atom stereocenters. The van der Waals surface area contributed by atoms with Gasteiger partial charge in [0, 0.05) is 29.5 Å². The first-order valence-corrected chi connectivity index (χ1v) is 10.6. The lowest BCUT2D eigenvalue weighted by Crippen LogP contribution is -2.14. The molecule has 5 aromatic rings. The topological polar surface area (TPSA) is 92.8 Å². The molecule has 0 aliphatic rings. The molecule has 2 heterocycles. The first-order chi connectivity index (χ1) is 17.3. The van der Waals surface area contributed by atoms with Crippen molar-refractivity contribution < 1.29 is 27.1 Å². The van der Waals surface area contributed by atoms with Crippen LogP contribution in [0.5, 0.6) is 11.5 Å². The van der Waals surface area contributed by atoms with E-state index >= 15 is 4.39 Å². The highest BCUT2D eigenvalue weighted by atomic mass is 35.5. The molecule has 0 unspecified atom stereocenters.